The molecule has 2 aromatic carbocycles. The molecule has 3 rings (SSSR count). The minimum atomic E-state index is -0.376. The van der Waals surface area contributed by atoms with Gasteiger partial charge < -0.3 is 9.47 Å². The lowest BCUT2D eigenvalue weighted by Crippen LogP contribution is -2.30. The van der Waals surface area contributed by atoms with E-state index >= 15 is 0 Å². The molecule has 1 amide bonds. The predicted molar refractivity (Wildman–Crippen MR) is 107 cm³/mol. The number of methoxy groups -OCH3 is 2. The zero-order valence-electron chi connectivity index (χ0n) is 14.4. The number of carbonyl (C=O) groups excluding carboxylic acids is 2. The van der Waals surface area contributed by atoms with Gasteiger partial charge in [0.2, 0.25) is 0 Å². The Morgan fingerprint density at radius 1 is 1.23 bits per heavy atom. The number of thioether (sulfide) groups is 1. The molecule has 134 valence electrons. The third kappa shape index (κ3) is 3.59. The molecule has 7 heteroatoms. The maximum Gasteiger partial charge on any atom is 0.307 e. The van der Waals surface area contributed by atoms with Crippen molar-refractivity contribution in [3.8, 4) is 5.75 Å². The van der Waals surface area contributed by atoms with Crippen molar-refractivity contribution >= 4 is 57.0 Å². The van der Waals surface area contributed by atoms with Gasteiger partial charge in [0, 0.05) is 12.1 Å². The summed E-state index contributed by atoms with van der Waals surface area (Å²) in [6, 6.07) is 11.8. The van der Waals surface area contributed by atoms with Crippen LogP contribution in [0, 0.1) is 0 Å². The van der Waals surface area contributed by atoms with Gasteiger partial charge >= 0.3 is 5.97 Å². The summed E-state index contributed by atoms with van der Waals surface area (Å²) in [5.41, 5.74) is 0.832. The zero-order valence-corrected chi connectivity index (χ0v) is 16.0. The van der Waals surface area contributed by atoms with Crippen LogP contribution >= 0.6 is 24.0 Å². The third-order valence-corrected chi connectivity index (χ3v) is 5.44. The highest BCUT2D eigenvalue weighted by Gasteiger charge is 2.32. The smallest absolute Gasteiger partial charge is 0.307 e. The van der Waals surface area contributed by atoms with Crippen molar-refractivity contribution < 1.29 is 19.1 Å². The van der Waals surface area contributed by atoms with Crippen LogP contribution in [-0.2, 0) is 14.3 Å². The number of hydrogen-bond donors (Lipinski definition) is 0. The Kier molecular flexibility index (Phi) is 5.58. The highest BCUT2D eigenvalue weighted by molar-refractivity contribution is 8.26. The Hall–Kier alpha value is -2.38. The molecule has 1 fully saturated rings. The average Bonchev–Trinajstić information content (AvgIpc) is 2.93. The number of thiocarbonyl (C=S) groups is 1. The first-order valence-corrected chi connectivity index (χ1v) is 9.15. The lowest BCUT2D eigenvalue weighted by atomic mass is 10.0. The maximum absolute atomic E-state index is 12.7. The Balaban J connectivity index is 1.96. The van der Waals surface area contributed by atoms with Crippen LogP contribution in [0.3, 0.4) is 0 Å². The minimum absolute atomic E-state index is 0.105. The van der Waals surface area contributed by atoms with E-state index in [0.29, 0.717) is 15.0 Å². The van der Waals surface area contributed by atoms with Crippen molar-refractivity contribution in [2.75, 3.05) is 20.8 Å². The SMILES string of the molecule is COC(=O)CCN1C(=O)/C(=C\c2c(OC)ccc3ccccc23)SC1=S. The summed E-state index contributed by atoms with van der Waals surface area (Å²) in [5.74, 6) is 0.0983. The molecule has 0 radical (unpaired) electrons. The van der Waals surface area contributed by atoms with E-state index in [2.05, 4.69) is 4.74 Å². The Bertz CT molecular complexity index is 923. The van der Waals surface area contributed by atoms with Crippen molar-refractivity contribution in [2.45, 2.75) is 6.42 Å². The van der Waals surface area contributed by atoms with E-state index in [1.165, 1.54) is 23.8 Å². The van der Waals surface area contributed by atoms with Crippen LogP contribution in [0.1, 0.15) is 12.0 Å². The molecule has 5 nitrogen and oxygen atoms in total. The number of benzene rings is 2. The Labute approximate surface area is 160 Å². The van der Waals surface area contributed by atoms with E-state index in [9.17, 15) is 9.59 Å². The van der Waals surface area contributed by atoms with E-state index in [4.69, 9.17) is 17.0 Å². The molecule has 0 bridgehead atoms. The van der Waals surface area contributed by atoms with Gasteiger partial charge in [-0.15, -0.1) is 0 Å². The molecule has 1 heterocycles. The zero-order chi connectivity index (χ0) is 18.7. The number of fused-ring (bicyclic) bond motifs is 1. The number of rotatable bonds is 5. The second kappa shape index (κ2) is 7.88. The summed E-state index contributed by atoms with van der Waals surface area (Å²) in [4.78, 5) is 26.0. The molecule has 0 atom stereocenters. The first-order chi connectivity index (χ1) is 12.5. The minimum Gasteiger partial charge on any atom is -0.496 e. The van der Waals surface area contributed by atoms with Gasteiger partial charge in [0.1, 0.15) is 10.1 Å². The lowest BCUT2D eigenvalue weighted by Gasteiger charge is -2.13. The molecule has 0 N–H and O–H groups in total. The maximum atomic E-state index is 12.7. The summed E-state index contributed by atoms with van der Waals surface area (Å²) < 4.78 is 10.5. The number of hydrogen-bond acceptors (Lipinski definition) is 6. The van der Waals surface area contributed by atoms with Gasteiger partial charge in [-0.05, 0) is 22.9 Å². The van der Waals surface area contributed by atoms with Gasteiger partial charge in [-0.3, -0.25) is 14.5 Å². The summed E-state index contributed by atoms with van der Waals surface area (Å²) >= 11 is 6.52. The third-order valence-electron chi connectivity index (χ3n) is 4.07. The Morgan fingerprint density at radius 2 is 2.00 bits per heavy atom. The molecule has 1 aliphatic heterocycles. The molecule has 0 aliphatic carbocycles. The molecule has 26 heavy (non-hydrogen) atoms. The summed E-state index contributed by atoms with van der Waals surface area (Å²) in [7, 11) is 2.92. The van der Waals surface area contributed by atoms with E-state index < -0.39 is 0 Å². The van der Waals surface area contributed by atoms with E-state index in [1.807, 2.05) is 36.4 Å². The number of esters is 1. The number of amides is 1. The molecule has 1 aliphatic rings. The first-order valence-electron chi connectivity index (χ1n) is 7.93. The fraction of sp³-hybridized carbons (Fsp3) is 0.211. The van der Waals surface area contributed by atoms with Gasteiger partial charge in [-0.2, -0.15) is 0 Å². The van der Waals surface area contributed by atoms with Gasteiger partial charge in [-0.1, -0.05) is 54.3 Å². The molecular weight excluding hydrogens is 370 g/mol. The second-order valence-corrected chi connectivity index (χ2v) is 7.24. The standard InChI is InChI=1S/C19H17NO4S2/c1-23-15-8-7-12-5-3-4-6-13(12)14(15)11-16-18(22)20(19(25)26-16)10-9-17(21)24-2/h3-8,11H,9-10H2,1-2H3/b16-11+. The molecule has 2 aromatic rings. The number of ether oxygens (including phenoxy) is 2. The monoisotopic (exact) mass is 387 g/mol. The van der Waals surface area contributed by atoms with Crippen LogP contribution in [0.5, 0.6) is 5.75 Å². The van der Waals surface area contributed by atoms with Gasteiger partial charge in [0.05, 0.1) is 25.5 Å². The molecule has 0 aromatic heterocycles. The summed E-state index contributed by atoms with van der Waals surface area (Å²) in [5, 5.41) is 2.05. The number of nitrogens with zero attached hydrogens (tertiary/aromatic N) is 1. The largest absolute Gasteiger partial charge is 0.496 e. The van der Waals surface area contributed by atoms with Gasteiger partial charge in [-0.25, -0.2) is 0 Å². The average molecular weight is 387 g/mol. The van der Waals surface area contributed by atoms with Gasteiger partial charge in [0.25, 0.3) is 5.91 Å². The molecule has 0 saturated carbocycles. The van der Waals surface area contributed by atoms with Crippen LogP contribution in [-0.4, -0.2) is 41.9 Å². The van der Waals surface area contributed by atoms with E-state index in [0.717, 1.165) is 16.3 Å². The predicted octanol–water partition coefficient (Wildman–Crippen LogP) is 3.61. The molecule has 0 unspecified atom stereocenters. The van der Waals surface area contributed by atoms with E-state index in [-0.39, 0.29) is 24.8 Å². The van der Waals surface area contributed by atoms with Crippen molar-refractivity contribution in [1.82, 2.24) is 4.90 Å². The molecule has 0 spiro atoms. The second-order valence-electron chi connectivity index (χ2n) is 5.56. The van der Waals surface area contributed by atoms with Crippen LogP contribution in [0.25, 0.3) is 16.8 Å². The number of carbonyl (C=O) groups is 2. The van der Waals surface area contributed by atoms with Crippen LogP contribution in [0.15, 0.2) is 41.3 Å². The topological polar surface area (TPSA) is 55.8 Å². The van der Waals surface area contributed by atoms with Gasteiger partial charge in [0.15, 0.2) is 0 Å². The highest BCUT2D eigenvalue weighted by atomic mass is 32.2. The highest BCUT2D eigenvalue weighted by Crippen LogP contribution is 2.36. The normalized spacial score (nSPS) is 15.8. The van der Waals surface area contributed by atoms with Crippen LogP contribution in [0.4, 0.5) is 0 Å². The van der Waals surface area contributed by atoms with Crippen molar-refractivity contribution in [1.29, 1.82) is 0 Å². The van der Waals surface area contributed by atoms with Crippen molar-refractivity contribution in [2.24, 2.45) is 0 Å². The van der Waals surface area contributed by atoms with Crippen LogP contribution in [0.2, 0.25) is 0 Å². The Morgan fingerprint density at radius 3 is 2.73 bits per heavy atom. The first kappa shape index (κ1) is 18.4. The van der Waals surface area contributed by atoms with Crippen molar-refractivity contribution in [3.05, 3.63) is 46.9 Å². The lowest BCUT2D eigenvalue weighted by molar-refractivity contribution is -0.140. The van der Waals surface area contributed by atoms with Crippen LogP contribution < -0.4 is 4.74 Å². The summed E-state index contributed by atoms with van der Waals surface area (Å²) in [6.45, 7) is 0.210. The summed E-state index contributed by atoms with van der Waals surface area (Å²) in [6.07, 6.45) is 1.91. The molecular formula is C19H17NO4S2. The molecule has 1 saturated heterocycles. The van der Waals surface area contributed by atoms with Crippen molar-refractivity contribution in [3.63, 3.8) is 0 Å². The van der Waals surface area contributed by atoms with E-state index in [1.54, 1.807) is 13.2 Å². The quantitative estimate of drug-likeness (QED) is 0.444. The fourth-order valence-corrected chi connectivity index (χ4v) is 4.02. The fourth-order valence-electron chi connectivity index (χ4n) is 2.73.